The molecule has 0 saturated carbocycles. The lowest BCUT2D eigenvalue weighted by molar-refractivity contribution is 0.179. The maximum atomic E-state index is 13.7. The molecule has 1 atom stereocenters. The third-order valence-electron chi connectivity index (χ3n) is 2.40. The van der Waals surface area contributed by atoms with Gasteiger partial charge in [0.1, 0.15) is 17.7 Å². The number of ether oxygens (including phenoxy) is 1. The van der Waals surface area contributed by atoms with Crippen LogP contribution >= 0.6 is 15.9 Å². The molecule has 5 heteroatoms. The van der Waals surface area contributed by atoms with Crippen LogP contribution in [0, 0.1) is 5.82 Å². The van der Waals surface area contributed by atoms with Crippen molar-refractivity contribution < 1.29 is 18.7 Å². The van der Waals surface area contributed by atoms with E-state index in [1.807, 2.05) is 0 Å². The molecule has 3 nitrogen and oxygen atoms in total. The molecule has 2 rings (SSSR count). The van der Waals surface area contributed by atoms with E-state index in [1.165, 1.54) is 25.5 Å². The van der Waals surface area contributed by atoms with Crippen LogP contribution in [0.4, 0.5) is 4.39 Å². The summed E-state index contributed by atoms with van der Waals surface area (Å²) in [4.78, 5) is 0. The predicted molar refractivity (Wildman–Crippen MR) is 63.4 cm³/mol. The Labute approximate surface area is 106 Å². The van der Waals surface area contributed by atoms with Crippen LogP contribution in [0.5, 0.6) is 5.75 Å². The van der Waals surface area contributed by atoms with Crippen molar-refractivity contribution in [2.75, 3.05) is 7.11 Å². The lowest BCUT2D eigenvalue weighted by Gasteiger charge is -2.14. The first-order valence-electron chi connectivity index (χ1n) is 4.88. The number of hydrogen-bond donors (Lipinski definition) is 1. The van der Waals surface area contributed by atoms with Gasteiger partial charge in [0.05, 0.1) is 23.4 Å². The van der Waals surface area contributed by atoms with Crippen LogP contribution in [0.15, 0.2) is 39.4 Å². The van der Waals surface area contributed by atoms with E-state index in [-0.39, 0.29) is 17.1 Å². The van der Waals surface area contributed by atoms with E-state index in [0.717, 1.165) is 0 Å². The summed E-state index contributed by atoms with van der Waals surface area (Å²) >= 11 is 3.22. The maximum Gasteiger partial charge on any atom is 0.151 e. The largest absolute Gasteiger partial charge is 0.496 e. The summed E-state index contributed by atoms with van der Waals surface area (Å²) in [5.41, 5.74) is 0.0608. The number of halogens is 2. The number of rotatable bonds is 3. The Hall–Kier alpha value is -1.33. The Balaban J connectivity index is 2.50. The molecule has 0 bridgehead atoms. The summed E-state index contributed by atoms with van der Waals surface area (Å²) in [5, 5.41) is 10.1. The Kier molecular flexibility index (Phi) is 3.49. The summed E-state index contributed by atoms with van der Waals surface area (Å²) in [6.07, 6.45) is 0.200. The molecule has 17 heavy (non-hydrogen) atoms. The minimum absolute atomic E-state index is 0.0608. The Bertz CT molecular complexity index is 524. The average Bonchev–Trinajstić information content (AvgIpc) is 2.74. The Morgan fingerprint density at radius 1 is 1.41 bits per heavy atom. The molecule has 0 aliphatic carbocycles. The quantitative estimate of drug-likeness (QED) is 0.946. The third-order valence-corrected chi connectivity index (χ3v) is 3.05. The van der Waals surface area contributed by atoms with Crippen molar-refractivity contribution in [3.8, 4) is 5.75 Å². The molecule has 0 aliphatic rings. The molecule has 1 aromatic carbocycles. The van der Waals surface area contributed by atoms with Crippen molar-refractivity contribution in [1.29, 1.82) is 0 Å². The number of methoxy groups -OCH3 is 1. The summed E-state index contributed by atoms with van der Waals surface area (Å²) in [6, 6.07) is 5.99. The zero-order valence-electron chi connectivity index (χ0n) is 8.98. The molecule has 1 unspecified atom stereocenters. The summed E-state index contributed by atoms with van der Waals surface area (Å²) in [5.74, 6) is -0.0191. The smallest absolute Gasteiger partial charge is 0.151 e. The minimum Gasteiger partial charge on any atom is -0.496 e. The second-order valence-corrected chi connectivity index (χ2v) is 4.25. The zero-order chi connectivity index (χ0) is 12.4. The number of aliphatic hydroxyl groups is 1. The van der Waals surface area contributed by atoms with Gasteiger partial charge in [-0.1, -0.05) is 6.07 Å². The normalized spacial score (nSPS) is 12.5. The van der Waals surface area contributed by atoms with Gasteiger partial charge in [-0.2, -0.15) is 0 Å². The summed E-state index contributed by atoms with van der Waals surface area (Å²) in [7, 11) is 1.42. The van der Waals surface area contributed by atoms with Crippen molar-refractivity contribution in [1.82, 2.24) is 0 Å². The Morgan fingerprint density at radius 3 is 2.76 bits per heavy atom. The fourth-order valence-corrected chi connectivity index (χ4v) is 2.01. The Morgan fingerprint density at radius 2 is 2.18 bits per heavy atom. The van der Waals surface area contributed by atoms with E-state index >= 15 is 0 Å². The highest BCUT2D eigenvalue weighted by atomic mass is 79.9. The molecule has 0 fully saturated rings. The van der Waals surface area contributed by atoms with E-state index < -0.39 is 11.9 Å². The number of aliphatic hydroxyl groups excluding tert-OH is 1. The van der Waals surface area contributed by atoms with Crippen LogP contribution in [-0.2, 0) is 0 Å². The van der Waals surface area contributed by atoms with Gasteiger partial charge in [-0.25, -0.2) is 4.39 Å². The maximum absolute atomic E-state index is 13.7. The lowest BCUT2D eigenvalue weighted by Crippen LogP contribution is -2.04. The van der Waals surface area contributed by atoms with Crippen LogP contribution < -0.4 is 4.74 Å². The molecular formula is C12H10BrFO3. The van der Waals surface area contributed by atoms with Gasteiger partial charge in [-0.15, -0.1) is 0 Å². The SMILES string of the molecule is COc1cccc(F)c1C(O)c1occc1Br. The van der Waals surface area contributed by atoms with Gasteiger partial charge in [0.25, 0.3) is 0 Å². The first kappa shape index (κ1) is 12.1. The van der Waals surface area contributed by atoms with Crippen LogP contribution in [0.25, 0.3) is 0 Å². The number of furan rings is 1. The monoisotopic (exact) mass is 300 g/mol. The van der Waals surface area contributed by atoms with Crippen molar-refractivity contribution in [2.24, 2.45) is 0 Å². The molecule has 0 amide bonds. The molecule has 2 aromatic rings. The van der Waals surface area contributed by atoms with Crippen LogP contribution in [-0.4, -0.2) is 12.2 Å². The molecule has 1 aromatic heterocycles. The standard InChI is InChI=1S/C12H10BrFO3/c1-16-9-4-2-3-8(14)10(9)11(15)12-7(13)5-6-17-12/h2-6,11,15H,1H3. The van der Waals surface area contributed by atoms with E-state index in [2.05, 4.69) is 15.9 Å². The molecular weight excluding hydrogens is 291 g/mol. The second kappa shape index (κ2) is 4.89. The molecule has 0 spiro atoms. The summed E-state index contributed by atoms with van der Waals surface area (Å²) < 4.78 is 24.4. The van der Waals surface area contributed by atoms with Gasteiger partial charge in [-0.3, -0.25) is 0 Å². The zero-order valence-corrected chi connectivity index (χ0v) is 10.6. The highest BCUT2D eigenvalue weighted by Crippen LogP contribution is 2.35. The van der Waals surface area contributed by atoms with Gasteiger partial charge in [0.15, 0.2) is 5.76 Å². The van der Waals surface area contributed by atoms with Crippen LogP contribution in [0.3, 0.4) is 0 Å². The topological polar surface area (TPSA) is 42.6 Å². The van der Waals surface area contributed by atoms with Crippen LogP contribution in [0.1, 0.15) is 17.4 Å². The first-order chi connectivity index (χ1) is 8.15. The molecule has 0 radical (unpaired) electrons. The average molecular weight is 301 g/mol. The summed E-state index contributed by atoms with van der Waals surface area (Å²) in [6.45, 7) is 0. The van der Waals surface area contributed by atoms with Gasteiger partial charge in [0.2, 0.25) is 0 Å². The van der Waals surface area contributed by atoms with Crippen molar-refractivity contribution in [3.63, 3.8) is 0 Å². The van der Waals surface area contributed by atoms with Crippen LogP contribution in [0.2, 0.25) is 0 Å². The van der Waals surface area contributed by atoms with Gasteiger partial charge in [-0.05, 0) is 34.1 Å². The third kappa shape index (κ3) is 2.21. The van der Waals surface area contributed by atoms with Gasteiger partial charge in [0, 0.05) is 0 Å². The minimum atomic E-state index is -1.21. The number of hydrogen-bond acceptors (Lipinski definition) is 3. The highest BCUT2D eigenvalue weighted by Gasteiger charge is 2.24. The molecule has 1 heterocycles. The van der Waals surface area contributed by atoms with E-state index in [9.17, 15) is 9.50 Å². The fraction of sp³-hybridized carbons (Fsp3) is 0.167. The highest BCUT2D eigenvalue weighted by molar-refractivity contribution is 9.10. The van der Waals surface area contributed by atoms with Gasteiger partial charge >= 0.3 is 0 Å². The fourth-order valence-electron chi connectivity index (χ4n) is 1.59. The first-order valence-corrected chi connectivity index (χ1v) is 5.67. The molecule has 0 aliphatic heterocycles. The van der Waals surface area contributed by atoms with Crippen molar-refractivity contribution >= 4 is 15.9 Å². The second-order valence-electron chi connectivity index (χ2n) is 3.39. The van der Waals surface area contributed by atoms with Gasteiger partial charge < -0.3 is 14.3 Å². The van der Waals surface area contributed by atoms with E-state index in [4.69, 9.17) is 9.15 Å². The van der Waals surface area contributed by atoms with Crippen molar-refractivity contribution in [2.45, 2.75) is 6.10 Å². The van der Waals surface area contributed by atoms with E-state index in [1.54, 1.807) is 12.1 Å². The predicted octanol–water partition coefficient (Wildman–Crippen LogP) is 3.27. The van der Waals surface area contributed by atoms with Crippen molar-refractivity contribution in [3.05, 3.63) is 52.1 Å². The lowest BCUT2D eigenvalue weighted by atomic mass is 10.1. The molecule has 90 valence electrons. The molecule has 1 N–H and O–H groups in total. The number of benzene rings is 1. The van der Waals surface area contributed by atoms with E-state index in [0.29, 0.717) is 4.47 Å². The molecule has 0 saturated heterocycles.